The van der Waals surface area contributed by atoms with Crippen LogP contribution in [-0.2, 0) is 10.3 Å². The highest BCUT2D eigenvalue weighted by Crippen LogP contribution is 2.49. The Hall–Kier alpha value is -3.63. The Balaban J connectivity index is 1.52. The van der Waals surface area contributed by atoms with Gasteiger partial charge >= 0.3 is 0 Å². The molecular formula is C28H27N5O3S. The molecule has 188 valence electrons. The monoisotopic (exact) mass is 513 g/mol. The van der Waals surface area contributed by atoms with Gasteiger partial charge in [-0.15, -0.1) is 11.3 Å². The van der Waals surface area contributed by atoms with Crippen LogP contribution in [0.15, 0.2) is 60.8 Å². The van der Waals surface area contributed by atoms with Crippen LogP contribution in [0.4, 0.5) is 5.69 Å². The van der Waals surface area contributed by atoms with E-state index in [0.29, 0.717) is 55.9 Å². The third-order valence-electron chi connectivity index (χ3n) is 7.60. The van der Waals surface area contributed by atoms with Crippen molar-refractivity contribution in [2.45, 2.75) is 43.0 Å². The van der Waals surface area contributed by atoms with E-state index in [-0.39, 0.29) is 11.9 Å². The van der Waals surface area contributed by atoms with Crippen LogP contribution >= 0.6 is 11.3 Å². The fraction of sp³-hybridized carbons (Fsp3) is 0.250. The van der Waals surface area contributed by atoms with Crippen LogP contribution in [0.1, 0.15) is 51.7 Å². The van der Waals surface area contributed by atoms with Gasteiger partial charge in [0, 0.05) is 28.4 Å². The molecule has 4 atom stereocenters. The van der Waals surface area contributed by atoms with Gasteiger partial charge in [0.15, 0.2) is 5.78 Å². The standard InChI is InChI=1S/C28H27N5O3S/c29-17-10-9-16-21-22(25(37-24(17)21)27(36)33-18-7-4-8-20(18)34)23(30)26(35)28(16,31)15-11-12-32-19(13-15)14-5-2-1-3-6-14/h1-3,5-6,9-13,18,20,23,34H,4,7-8,29-31H2,(H,33,36)/t18-,20-,23?,28?/m1/s1. The Morgan fingerprint density at radius 1 is 1.14 bits per heavy atom. The van der Waals surface area contributed by atoms with Gasteiger partial charge in [-0.3, -0.25) is 14.6 Å². The summed E-state index contributed by atoms with van der Waals surface area (Å²) in [5.41, 5.74) is 22.0. The van der Waals surface area contributed by atoms with Gasteiger partial charge in [-0.25, -0.2) is 0 Å². The number of ketones is 1. The van der Waals surface area contributed by atoms with Gasteiger partial charge in [0.05, 0.1) is 33.5 Å². The minimum absolute atomic E-state index is 0.329. The summed E-state index contributed by atoms with van der Waals surface area (Å²) in [6.07, 6.45) is 3.23. The first kappa shape index (κ1) is 23.7. The molecule has 9 heteroatoms. The molecule has 2 aromatic carbocycles. The zero-order chi connectivity index (χ0) is 25.9. The van der Waals surface area contributed by atoms with Gasteiger partial charge in [-0.05, 0) is 48.6 Å². The van der Waals surface area contributed by atoms with Crippen LogP contribution < -0.4 is 22.5 Å². The minimum Gasteiger partial charge on any atom is -0.398 e. The number of nitrogen functional groups attached to an aromatic ring is 1. The lowest BCUT2D eigenvalue weighted by Crippen LogP contribution is -2.52. The number of aliphatic hydroxyl groups is 1. The second-order valence-corrected chi connectivity index (χ2v) is 10.8. The number of amides is 1. The lowest BCUT2D eigenvalue weighted by atomic mass is 9.70. The van der Waals surface area contributed by atoms with E-state index in [2.05, 4.69) is 10.3 Å². The molecule has 8 nitrogen and oxygen atoms in total. The summed E-state index contributed by atoms with van der Waals surface area (Å²) < 4.78 is 0.666. The van der Waals surface area contributed by atoms with Crippen LogP contribution in [0, 0.1) is 0 Å². The molecule has 0 saturated heterocycles. The normalized spacial score (nSPS) is 24.9. The molecule has 0 aliphatic heterocycles. The SMILES string of the molecule is Nc1ccc2c3c(c(C(=O)N[C@@H]4CCC[C@H]4O)sc13)C(N)C(=O)C2(N)c1ccnc(-c2ccccc2)c1. The maximum Gasteiger partial charge on any atom is 0.262 e. The van der Waals surface area contributed by atoms with Gasteiger partial charge in [-0.1, -0.05) is 36.4 Å². The van der Waals surface area contributed by atoms with E-state index in [0.717, 1.165) is 12.0 Å². The molecule has 8 N–H and O–H groups in total. The van der Waals surface area contributed by atoms with Crippen molar-refractivity contribution in [3.05, 3.63) is 82.4 Å². The van der Waals surface area contributed by atoms with Gasteiger partial charge in [-0.2, -0.15) is 0 Å². The lowest BCUT2D eigenvalue weighted by molar-refractivity contribution is -0.124. The first-order valence-corrected chi connectivity index (χ1v) is 13.1. The Kier molecular flexibility index (Phi) is 5.61. The first-order valence-electron chi connectivity index (χ1n) is 12.3. The highest BCUT2D eigenvalue weighted by molar-refractivity contribution is 7.21. The first-order chi connectivity index (χ1) is 17.8. The van der Waals surface area contributed by atoms with E-state index in [1.165, 1.54) is 11.3 Å². The average molecular weight is 514 g/mol. The number of nitrogens with one attached hydrogen (secondary N) is 1. The smallest absolute Gasteiger partial charge is 0.262 e. The molecule has 2 heterocycles. The molecular weight excluding hydrogens is 486 g/mol. The third-order valence-corrected chi connectivity index (χ3v) is 8.85. The summed E-state index contributed by atoms with van der Waals surface area (Å²) in [6.45, 7) is 0. The fourth-order valence-corrected chi connectivity index (χ4v) is 6.84. The van der Waals surface area contributed by atoms with Crippen molar-refractivity contribution in [3.63, 3.8) is 0 Å². The zero-order valence-corrected chi connectivity index (χ0v) is 20.8. The number of Topliss-reactive ketones (excluding diaryl/α,β-unsaturated/α-hetero) is 1. The Morgan fingerprint density at radius 2 is 1.92 bits per heavy atom. The highest BCUT2D eigenvalue weighted by atomic mass is 32.1. The second-order valence-electron chi connectivity index (χ2n) is 9.78. The summed E-state index contributed by atoms with van der Waals surface area (Å²) in [5, 5.41) is 13.8. The molecule has 0 bridgehead atoms. The fourth-order valence-electron chi connectivity index (χ4n) is 5.63. The number of aromatic nitrogens is 1. The van der Waals surface area contributed by atoms with Crippen LogP contribution in [0.25, 0.3) is 21.3 Å². The number of hydrogen-bond acceptors (Lipinski definition) is 8. The predicted octanol–water partition coefficient (Wildman–Crippen LogP) is 2.97. The van der Waals surface area contributed by atoms with Crippen molar-refractivity contribution in [1.29, 1.82) is 0 Å². The molecule has 0 radical (unpaired) electrons. The van der Waals surface area contributed by atoms with E-state index in [1.54, 1.807) is 24.4 Å². The summed E-state index contributed by atoms with van der Waals surface area (Å²) >= 11 is 1.20. The number of carbonyl (C=O) groups excluding carboxylic acids is 2. The van der Waals surface area contributed by atoms with Gasteiger partial charge in [0.2, 0.25) is 0 Å². The van der Waals surface area contributed by atoms with Crippen molar-refractivity contribution in [3.8, 4) is 11.3 Å². The van der Waals surface area contributed by atoms with E-state index in [1.807, 2.05) is 36.4 Å². The molecule has 2 unspecified atom stereocenters. The number of thiophene rings is 1. The maximum atomic E-state index is 14.0. The predicted molar refractivity (Wildman–Crippen MR) is 144 cm³/mol. The highest BCUT2D eigenvalue weighted by Gasteiger charge is 2.49. The largest absolute Gasteiger partial charge is 0.398 e. The zero-order valence-electron chi connectivity index (χ0n) is 20.0. The number of pyridine rings is 1. The van der Waals surface area contributed by atoms with E-state index in [9.17, 15) is 14.7 Å². The number of aliphatic hydroxyl groups excluding tert-OH is 1. The van der Waals surface area contributed by atoms with E-state index in [4.69, 9.17) is 17.2 Å². The molecule has 37 heavy (non-hydrogen) atoms. The number of rotatable bonds is 4. The number of carbonyl (C=O) groups is 2. The van der Waals surface area contributed by atoms with Crippen LogP contribution in [-0.4, -0.2) is 33.9 Å². The number of anilines is 1. The summed E-state index contributed by atoms with van der Waals surface area (Å²) in [6, 6.07) is 15.2. The van der Waals surface area contributed by atoms with Crippen molar-refractivity contribution >= 4 is 38.8 Å². The van der Waals surface area contributed by atoms with Crippen LogP contribution in [0.3, 0.4) is 0 Å². The Labute approximate surface area is 217 Å². The molecule has 2 aliphatic carbocycles. The molecule has 6 rings (SSSR count). The van der Waals surface area contributed by atoms with Crippen molar-refractivity contribution in [2.24, 2.45) is 11.5 Å². The molecule has 1 amide bonds. The van der Waals surface area contributed by atoms with Gasteiger partial charge in [0.25, 0.3) is 5.91 Å². The van der Waals surface area contributed by atoms with E-state index < -0.39 is 23.5 Å². The number of nitrogens with zero attached hydrogens (tertiary/aromatic N) is 1. The Morgan fingerprint density at radius 3 is 2.65 bits per heavy atom. The van der Waals surface area contributed by atoms with Crippen molar-refractivity contribution in [2.75, 3.05) is 5.73 Å². The van der Waals surface area contributed by atoms with Gasteiger partial charge < -0.3 is 27.6 Å². The minimum atomic E-state index is -1.55. The van der Waals surface area contributed by atoms with E-state index >= 15 is 0 Å². The average Bonchev–Trinajstić information content (AvgIpc) is 3.52. The Bertz CT molecular complexity index is 1550. The summed E-state index contributed by atoms with van der Waals surface area (Å²) in [5.74, 6) is -0.778. The van der Waals surface area contributed by atoms with Gasteiger partial charge in [0.1, 0.15) is 5.54 Å². The van der Waals surface area contributed by atoms with Crippen LogP contribution in [0.5, 0.6) is 0 Å². The van der Waals surface area contributed by atoms with Crippen molar-refractivity contribution in [1.82, 2.24) is 10.3 Å². The lowest BCUT2D eigenvalue weighted by Gasteiger charge is -2.36. The molecule has 4 aromatic rings. The molecule has 1 saturated carbocycles. The topological polar surface area (TPSA) is 157 Å². The molecule has 1 fully saturated rings. The quantitative estimate of drug-likeness (QED) is 0.263. The van der Waals surface area contributed by atoms with Crippen LogP contribution in [0.2, 0.25) is 0 Å². The summed E-state index contributed by atoms with van der Waals surface area (Å²) in [4.78, 5) is 32.2. The molecule has 0 spiro atoms. The van der Waals surface area contributed by atoms with Crippen molar-refractivity contribution < 1.29 is 14.7 Å². The molecule has 2 aromatic heterocycles. The number of benzene rings is 2. The number of nitrogens with two attached hydrogens (primary N) is 3. The maximum absolute atomic E-state index is 14.0. The third kappa shape index (κ3) is 3.58. The molecule has 2 aliphatic rings. The second kappa shape index (κ2) is 8.74. The number of hydrogen-bond donors (Lipinski definition) is 5. The summed E-state index contributed by atoms with van der Waals surface area (Å²) in [7, 11) is 0.